The maximum Gasteiger partial charge on any atom is 0.237 e. The van der Waals surface area contributed by atoms with Crippen molar-refractivity contribution >= 4 is 12.2 Å². The van der Waals surface area contributed by atoms with Gasteiger partial charge in [0.05, 0.1) is 12.1 Å². The van der Waals surface area contributed by atoms with E-state index in [1.807, 2.05) is 6.92 Å². The fourth-order valence-electron chi connectivity index (χ4n) is 0.792. The van der Waals surface area contributed by atoms with Crippen molar-refractivity contribution in [2.24, 2.45) is 5.73 Å². The first-order valence-electron chi connectivity index (χ1n) is 4.05. The van der Waals surface area contributed by atoms with Crippen molar-refractivity contribution in [2.75, 3.05) is 0 Å². The predicted molar refractivity (Wildman–Crippen MR) is 46.2 cm³/mol. The normalized spacial score (nSPS) is 14.9. The summed E-state index contributed by atoms with van der Waals surface area (Å²) in [5.41, 5.74) is 5.49. The number of hydrogen-bond donors (Lipinski definition) is 2. The molecule has 69 valence electrons. The van der Waals surface area contributed by atoms with Gasteiger partial charge in [0.25, 0.3) is 0 Å². The van der Waals surface area contributed by atoms with E-state index in [-0.39, 0.29) is 5.91 Å². The van der Waals surface area contributed by atoms with Crippen LogP contribution < -0.4 is 11.1 Å². The van der Waals surface area contributed by atoms with Crippen LogP contribution in [-0.2, 0) is 9.59 Å². The van der Waals surface area contributed by atoms with E-state index in [0.717, 1.165) is 6.42 Å². The van der Waals surface area contributed by atoms with Crippen LogP contribution in [0.4, 0.5) is 0 Å². The zero-order valence-electron chi connectivity index (χ0n) is 7.46. The van der Waals surface area contributed by atoms with Crippen molar-refractivity contribution in [3.8, 4) is 0 Å². The fourth-order valence-corrected chi connectivity index (χ4v) is 0.792. The van der Waals surface area contributed by atoms with Gasteiger partial charge >= 0.3 is 0 Å². The average molecular weight is 171 g/mol. The molecule has 0 unspecified atom stereocenters. The Morgan fingerprint density at radius 1 is 1.67 bits per heavy atom. The second-order valence-electron chi connectivity index (χ2n) is 2.74. The van der Waals surface area contributed by atoms with Crippen LogP contribution in [0.2, 0.25) is 0 Å². The molecule has 0 bridgehead atoms. The van der Waals surface area contributed by atoms with Crippen molar-refractivity contribution in [1.29, 1.82) is 0 Å². The highest BCUT2D eigenvalue weighted by molar-refractivity contribution is 5.84. The molecule has 3 N–H and O–H groups in total. The number of hydrogen-bond acceptors (Lipinski definition) is 3. The second-order valence-corrected chi connectivity index (χ2v) is 2.74. The predicted octanol–water partition coefficient (Wildman–Crippen LogP) is -0.272. The summed E-state index contributed by atoms with van der Waals surface area (Å²) < 4.78 is 0. The van der Waals surface area contributed by atoms with Crippen LogP contribution in [0.25, 0.3) is 0 Å². The first-order valence-corrected chi connectivity index (χ1v) is 4.05. The molecular formula is C8H15N2O2. The molecule has 0 heterocycles. The minimum Gasteiger partial charge on any atom is -0.345 e. The second kappa shape index (κ2) is 5.71. The first-order chi connectivity index (χ1) is 5.61. The van der Waals surface area contributed by atoms with Crippen LogP contribution in [0.3, 0.4) is 0 Å². The maximum atomic E-state index is 11.1. The summed E-state index contributed by atoms with van der Waals surface area (Å²) in [4.78, 5) is 21.1. The number of rotatable bonds is 5. The number of carbonyl (C=O) groups is 1. The van der Waals surface area contributed by atoms with Crippen LogP contribution in [0.1, 0.15) is 26.7 Å². The summed E-state index contributed by atoms with van der Waals surface area (Å²) >= 11 is 0. The topological polar surface area (TPSA) is 72.2 Å². The molecule has 0 aliphatic rings. The van der Waals surface area contributed by atoms with Gasteiger partial charge in [-0.05, 0) is 13.3 Å². The molecule has 0 aromatic carbocycles. The Kier molecular flexibility index (Phi) is 5.28. The molecule has 4 heteroatoms. The molecule has 0 fully saturated rings. The quantitative estimate of drug-likeness (QED) is 0.598. The van der Waals surface area contributed by atoms with Crippen molar-refractivity contribution in [2.45, 2.75) is 38.8 Å². The van der Waals surface area contributed by atoms with Gasteiger partial charge < -0.3 is 11.1 Å². The smallest absolute Gasteiger partial charge is 0.237 e. The monoisotopic (exact) mass is 171 g/mol. The van der Waals surface area contributed by atoms with Crippen molar-refractivity contribution in [3.05, 3.63) is 0 Å². The summed E-state index contributed by atoms with van der Waals surface area (Å²) in [7, 11) is 0. The third-order valence-corrected chi connectivity index (χ3v) is 1.47. The molecule has 0 aromatic heterocycles. The van der Waals surface area contributed by atoms with E-state index in [1.165, 1.54) is 0 Å². The minimum atomic E-state index is -0.569. The van der Waals surface area contributed by atoms with E-state index < -0.39 is 12.1 Å². The van der Waals surface area contributed by atoms with E-state index in [4.69, 9.17) is 5.73 Å². The van der Waals surface area contributed by atoms with Gasteiger partial charge in [-0.3, -0.25) is 9.59 Å². The van der Waals surface area contributed by atoms with Crippen molar-refractivity contribution in [3.63, 3.8) is 0 Å². The minimum absolute atomic E-state index is 0.285. The lowest BCUT2D eigenvalue weighted by Crippen LogP contribution is -2.44. The lowest BCUT2D eigenvalue weighted by Gasteiger charge is -2.11. The molecule has 0 saturated heterocycles. The molecule has 0 saturated carbocycles. The lowest BCUT2D eigenvalue weighted by molar-refractivity contribution is -0.122. The van der Waals surface area contributed by atoms with E-state index in [9.17, 15) is 9.59 Å². The van der Waals surface area contributed by atoms with Crippen molar-refractivity contribution < 1.29 is 9.59 Å². The molecule has 1 amide bonds. The molecule has 0 aliphatic carbocycles. The molecule has 0 aromatic rings. The Balaban J connectivity index is 3.78. The number of nitrogens with one attached hydrogen (secondary N) is 1. The number of amides is 1. The molecule has 2 atom stereocenters. The van der Waals surface area contributed by atoms with Gasteiger partial charge in [0.1, 0.15) is 0 Å². The highest BCUT2D eigenvalue weighted by atomic mass is 16.2. The number of nitrogens with two attached hydrogens (primary N) is 1. The Morgan fingerprint density at radius 2 is 2.25 bits per heavy atom. The van der Waals surface area contributed by atoms with E-state index in [1.54, 1.807) is 13.2 Å². The number of carbonyl (C=O) groups excluding carboxylic acids is 2. The maximum absolute atomic E-state index is 11.1. The SMILES string of the molecule is CCC[C@H](N)C(=O)N[C@@H](C)[C]=O. The fraction of sp³-hybridized carbons (Fsp3) is 0.750. The van der Waals surface area contributed by atoms with E-state index >= 15 is 0 Å². The molecular weight excluding hydrogens is 156 g/mol. The molecule has 12 heavy (non-hydrogen) atoms. The zero-order chi connectivity index (χ0) is 9.56. The molecule has 0 spiro atoms. The third kappa shape index (κ3) is 4.08. The van der Waals surface area contributed by atoms with E-state index in [2.05, 4.69) is 5.32 Å². The van der Waals surface area contributed by atoms with Gasteiger partial charge in [0, 0.05) is 0 Å². The Hall–Kier alpha value is -0.900. The van der Waals surface area contributed by atoms with Gasteiger partial charge in [0.15, 0.2) is 0 Å². The zero-order valence-corrected chi connectivity index (χ0v) is 7.46. The highest BCUT2D eigenvalue weighted by Crippen LogP contribution is 1.93. The van der Waals surface area contributed by atoms with Gasteiger partial charge in [-0.1, -0.05) is 13.3 Å². The van der Waals surface area contributed by atoms with Gasteiger partial charge in [0.2, 0.25) is 12.2 Å². The highest BCUT2D eigenvalue weighted by Gasteiger charge is 2.13. The van der Waals surface area contributed by atoms with Gasteiger partial charge in [-0.25, -0.2) is 0 Å². The van der Waals surface area contributed by atoms with Gasteiger partial charge in [-0.2, -0.15) is 0 Å². The molecule has 0 rings (SSSR count). The van der Waals surface area contributed by atoms with Gasteiger partial charge in [-0.15, -0.1) is 0 Å². The molecule has 4 nitrogen and oxygen atoms in total. The summed E-state index contributed by atoms with van der Waals surface area (Å²) in [6.07, 6.45) is 3.15. The molecule has 0 aliphatic heterocycles. The third-order valence-electron chi connectivity index (χ3n) is 1.47. The summed E-state index contributed by atoms with van der Waals surface area (Å²) in [5.74, 6) is -0.285. The first kappa shape index (κ1) is 11.1. The Morgan fingerprint density at radius 3 is 2.67 bits per heavy atom. The van der Waals surface area contributed by atoms with Crippen molar-refractivity contribution in [1.82, 2.24) is 5.32 Å². The average Bonchev–Trinajstić information content (AvgIpc) is 2.04. The summed E-state index contributed by atoms with van der Waals surface area (Å²) in [6, 6.07) is -1.08. The lowest BCUT2D eigenvalue weighted by atomic mass is 10.1. The van der Waals surface area contributed by atoms with Crippen LogP contribution >= 0.6 is 0 Å². The Labute approximate surface area is 72.5 Å². The summed E-state index contributed by atoms with van der Waals surface area (Å²) in [6.45, 7) is 3.51. The Bertz CT molecular complexity index is 159. The van der Waals surface area contributed by atoms with Crippen LogP contribution in [0.5, 0.6) is 0 Å². The molecule has 1 radical (unpaired) electrons. The largest absolute Gasteiger partial charge is 0.345 e. The van der Waals surface area contributed by atoms with E-state index in [0.29, 0.717) is 6.42 Å². The van der Waals surface area contributed by atoms with Crippen LogP contribution in [-0.4, -0.2) is 24.3 Å². The standard InChI is InChI=1S/C8H15N2O2/c1-3-4-7(9)8(12)10-6(2)5-11/h6-7H,3-4,9H2,1-2H3,(H,10,12)/t6-,7-/m0/s1. The summed E-state index contributed by atoms with van der Waals surface area (Å²) in [5, 5.41) is 2.43. The van der Waals surface area contributed by atoms with Crippen LogP contribution in [0, 0.1) is 0 Å². The van der Waals surface area contributed by atoms with Crippen LogP contribution in [0.15, 0.2) is 0 Å².